The van der Waals surface area contributed by atoms with Crippen LogP contribution in [0.25, 0.3) is 11.3 Å². The third-order valence-corrected chi connectivity index (χ3v) is 6.11. The molecule has 4 rings (SSSR count). The minimum absolute atomic E-state index is 0.0491. The van der Waals surface area contributed by atoms with E-state index in [0.717, 1.165) is 36.2 Å². The number of carboxylic acids is 1. The van der Waals surface area contributed by atoms with E-state index >= 15 is 0 Å². The highest BCUT2D eigenvalue weighted by Crippen LogP contribution is 2.38. The number of nitrogens with one attached hydrogen (secondary N) is 2. The van der Waals surface area contributed by atoms with Crippen LogP contribution < -0.4 is 10.6 Å². The minimum Gasteiger partial charge on any atom is -0.481 e. The quantitative estimate of drug-likeness (QED) is 0.340. The fraction of sp³-hybridized carbons (Fsp3) is 0.241. The molecule has 7 heteroatoms. The van der Waals surface area contributed by atoms with Crippen molar-refractivity contribution in [1.29, 1.82) is 0 Å². The van der Waals surface area contributed by atoms with Gasteiger partial charge in [-0.15, -0.1) is 0 Å². The molecule has 0 atom stereocenters. The van der Waals surface area contributed by atoms with Gasteiger partial charge in [0.05, 0.1) is 17.0 Å². The summed E-state index contributed by atoms with van der Waals surface area (Å²) < 4.78 is 13.8. The molecule has 6 nitrogen and oxygen atoms in total. The number of aliphatic carboxylic acids is 1. The van der Waals surface area contributed by atoms with E-state index in [4.69, 9.17) is 5.11 Å². The highest BCUT2D eigenvalue weighted by molar-refractivity contribution is 6.37. The smallest absolute Gasteiger partial charge is 0.303 e. The Kier molecular flexibility index (Phi) is 7.80. The first-order chi connectivity index (χ1) is 17.3. The van der Waals surface area contributed by atoms with E-state index in [-0.39, 0.29) is 12.3 Å². The summed E-state index contributed by atoms with van der Waals surface area (Å²) in [5.41, 5.74) is 5.80. The number of hydrogen-bond acceptors (Lipinski definition) is 4. The first kappa shape index (κ1) is 25.1. The molecule has 1 aliphatic heterocycles. The van der Waals surface area contributed by atoms with Gasteiger partial charge in [0.1, 0.15) is 5.82 Å². The lowest BCUT2D eigenvalue weighted by Gasteiger charge is -2.16. The number of anilines is 2. The molecule has 0 saturated heterocycles. The second kappa shape index (κ2) is 11.2. The molecule has 3 aromatic rings. The predicted molar refractivity (Wildman–Crippen MR) is 141 cm³/mol. The van der Waals surface area contributed by atoms with Crippen molar-refractivity contribution < 1.29 is 19.1 Å². The van der Waals surface area contributed by atoms with E-state index in [2.05, 4.69) is 41.8 Å². The standard InChI is InChI=1S/C29H30FN3O3/c1-33(2)16-4-6-20-5-3-7-23(17-20)31-28(21-11-8-19(9-12-21)10-15-26(34)35)27-24-14-13-22(30)18-25(24)32-29(27)36/h3,5,7-9,11-14,17-18,31H,4,6,10,15-16H2,1-2H3,(H,32,36)(H,34,35)/b28-27-. The largest absolute Gasteiger partial charge is 0.481 e. The Balaban J connectivity index is 1.71. The molecule has 1 aliphatic rings. The molecule has 1 heterocycles. The van der Waals surface area contributed by atoms with Crippen LogP contribution in [0.2, 0.25) is 0 Å². The van der Waals surface area contributed by atoms with Crippen molar-refractivity contribution in [3.8, 4) is 0 Å². The summed E-state index contributed by atoms with van der Waals surface area (Å²) in [6.07, 6.45) is 2.43. The van der Waals surface area contributed by atoms with Gasteiger partial charge in [-0.1, -0.05) is 36.4 Å². The lowest BCUT2D eigenvalue weighted by molar-refractivity contribution is -0.137. The molecule has 0 bridgehead atoms. The first-order valence-corrected chi connectivity index (χ1v) is 12.0. The van der Waals surface area contributed by atoms with Gasteiger partial charge in [0.2, 0.25) is 0 Å². The molecular weight excluding hydrogens is 457 g/mol. The SMILES string of the molecule is CN(C)CCCc1cccc(N/C(=C2\C(=O)Nc3cc(F)ccc32)c2ccc(CCC(=O)O)cc2)c1. The normalized spacial score (nSPS) is 13.9. The van der Waals surface area contributed by atoms with Gasteiger partial charge in [0.25, 0.3) is 5.91 Å². The average Bonchev–Trinajstić information content (AvgIpc) is 3.16. The van der Waals surface area contributed by atoms with Gasteiger partial charge in [-0.05, 0) is 86.9 Å². The van der Waals surface area contributed by atoms with Gasteiger partial charge in [-0.3, -0.25) is 9.59 Å². The van der Waals surface area contributed by atoms with Crippen molar-refractivity contribution in [2.45, 2.75) is 25.7 Å². The van der Waals surface area contributed by atoms with Crippen LogP contribution in [0.3, 0.4) is 0 Å². The number of hydrogen-bond donors (Lipinski definition) is 3. The zero-order valence-electron chi connectivity index (χ0n) is 20.5. The average molecular weight is 488 g/mol. The molecule has 3 N–H and O–H groups in total. The van der Waals surface area contributed by atoms with Crippen LogP contribution in [0, 0.1) is 5.82 Å². The van der Waals surface area contributed by atoms with Crippen LogP contribution in [-0.4, -0.2) is 42.5 Å². The summed E-state index contributed by atoms with van der Waals surface area (Å²) in [7, 11) is 4.11. The molecule has 0 saturated carbocycles. The zero-order valence-corrected chi connectivity index (χ0v) is 20.5. The number of fused-ring (bicyclic) bond motifs is 1. The first-order valence-electron chi connectivity index (χ1n) is 12.0. The minimum atomic E-state index is -0.847. The Morgan fingerprint density at radius 2 is 1.78 bits per heavy atom. The molecule has 0 aromatic heterocycles. The van der Waals surface area contributed by atoms with Crippen molar-refractivity contribution in [1.82, 2.24) is 4.90 Å². The summed E-state index contributed by atoms with van der Waals surface area (Å²) in [5, 5.41) is 15.2. The van der Waals surface area contributed by atoms with Crippen LogP contribution in [-0.2, 0) is 22.4 Å². The van der Waals surface area contributed by atoms with Crippen molar-refractivity contribution in [3.05, 3.63) is 94.8 Å². The Morgan fingerprint density at radius 1 is 1.00 bits per heavy atom. The summed E-state index contributed by atoms with van der Waals surface area (Å²) >= 11 is 0. The van der Waals surface area contributed by atoms with E-state index < -0.39 is 11.8 Å². The maximum Gasteiger partial charge on any atom is 0.303 e. The second-order valence-corrected chi connectivity index (χ2v) is 9.22. The highest BCUT2D eigenvalue weighted by atomic mass is 19.1. The lowest BCUT2D eigenvalue weighted by atomic mass is 9.98. The third kappa shape index (κ3) is 6.17. The van der Waals surface area contributed by atoms with Gasteiger partial charge in [0, 0.05) is 17.7 Å². The summed E-state index contributed by atoms with van der Waals surface area (Å²) in [6, 6.07) is 19.9. The molecule has 36 heavy (non-hydrogen) atoms. The van der Waals surface area contributed by atoms with Gasteiger partial charge in [0.15, 0.2) is 0 Å². The van der Waals surface area contributed by atoms with Gasteiger partial charge >= 0.3 is 5.97 Å². The van der Waals surface area contributed by atoms with Gasteiger partial charge in [-0.25, -0.2) is 4.39 Å². The van der Waals surface area contributed by atoms with E-state index in [0.29, 0.717) is 28.9 Å². The third-order valence-electron chi connectivity index (χ3n) is 6.11. The number of amides is 1. The van der Waals surface area contributed by atoms with E-state index in [9.17, 15) is 14.0 Å². The summed E-state index contributed by atoms with van der Waals surface area (Å²) in [4.78, 5) is 26.2. The number of halogens is 1. The van der Waals surface area contributed by atoms with Crippen LogP contribution in [0.5, 0.6) is 0 Å². The van der Waals surface area contributed by atoms with E-state index in [1.54, 1.807) is 6.07 Å². The number of nitrogens with zero attached hydrogens (tertiary/aromatic N) is 1. The molecule has 0 unspecified atom stereocenters. The van der Waals surface area contributed by atoms with Crippen molar-refractivity contribution in [2.75, 3.05) is 31.3 Å². The van der Waals surface area contributed by atoms with Crippen molar-refractivity contribution in [2.24, 2.45) is 0 Å². The van der Waals surface area contributed by atoms with Crippen molar-refractivity contribution >= 4 is 34.5 Å². The second-order valence-electron chi connectivity index (χ2n) is 9.22. The van der Waals surface area contributed by atoms with E-state index in [1.165, 1.54) is 17.7 Å². The molecule has 3 aromatic carbocycles. The molecule has 0 spiro atoms. The number of rotatable bonds is 10. The summed E-state index contributed by atoms with van der Waals surface area (Å²) in [6.45, 7) is 0.995. The van der Waals surface area contributed by atoms with Gasteiger partial charge < -0.3 is 20.6 Å². The van der Waals surface area contributed by atoms with Crippen molar-refractivity contribution in [3.63, 3.8) is 0 Å². The zero-order chi connectivity index (χ0) is 25.7. The topological polar surface area (TPSA) is 81.7 Å². The van der Waals surface area contributed by atoms with E-state index in [1.807, 2.05) is 36.4 Å². The van der Waals surface area contributed by atoms with Crippen LogP contribution in [0.4, 0.5) is 15.8 Å². The number of carbonyl (C=O) groups excluding carboxylic acids is 1. The number of carbonyl (C=O) groups is 2. The fourth-order valence-corrected chi connectivity index (χ4v) is 4.31. The Hall–Kier alpha value is -3.97. The Morgan fingerprint density at radius 3 is 2.50 bits per heavy atom. The Labute approximate surface area is 210 Å². The molecular formula is C29H30FN3O3. The maximum absolute atomic E-state index is 13.8. The molecule has 0 radical (unpaired) electrons. The molecule has 1 amide bonds. The van der Waals surface area contributed by atoms with Gasteiger partial charge in [-0.2, -0.15) is 0 Å². The monoisotopic (exact) mass is 487 g/mol. The number of carboxylic acid groups (broad SMARTS) is 1. The maximum atomic E-state index is 13.8. The molecule has 0 aliphatic carbocycles. The fourth-order valence-electron chi connectivity index (χ4n) is 4.31. The molecule has 0 fully saturated rings. The summed E-state index contributed by atoms with van der Waals surface area (Å²) in [5.74, 6) is -1.58. The number of aryl methyl sites for hydroxylation is 2. The highest BCUT2D eigenvalue weighted by Gasteiger charge is 2.29. The number of benzene rings is 3. The predicted octanol–water partition coefficient (Wildman–Crippen LogP) is 5.27. The van der Waals surface area contributed by atoms with Crippen LogP contribution >= 0.6 is 0 Å². The van der Waals surface area contributed by atoms with Crippen LogP contribution in [0.1, 0.15) is 35.1 Å². The molecule has 186 valence electrons. The van der Waals surface area contributed by atoms with Crippen LogP contribution in [0.15, 0.2) is 66.7 Å². The Bertz CT molecular complexity index is 1300. The lowest BCUT2D eigenvalue weighted by Crippen LogP contribution is -2.13.